The second-order valence-corrected chi connectivity index (χ2v) is 8.90. The lowest BCUT2D eigenvalue weighted by Gasteiger charge is -2.27. The van der Waals surface area contributed by atoms with Crippen LogP contribution in [0.25, 0.3) is 5.76 Å². The molecule has 1 aliphatic heterocycles. The summed E-state index contributed by atoms with van der Waals surface area (Å²) in [6.45, 7) is 4.06. The molecule has 0 aromatic heterocycles. The highest BCUT2D eigenvalue weighted by Gasteiger charge is 2.48. The minimum Gasteiger partial charge on any atom is -0.507 e. The van der Waals surface area contributed by atoms with Gasteiger partial charge in [0.2, 0.25) is 5.75 Å². The predicted molar refractivity (Wildman–Crippen MR) is 145 cm³/mol. The van der Waals surface area contributed by atoms with Crippen LogP contribution in [0.15, 0.2) is 60.2 Å². The number of hydrogen-bond acceptors (Lipinski definition) is 7. The van der Waals surface area contributed by atoms with Crippen LogP contribution in [0.3, 0.4) is 0 Å². The van der Waals surface area contributed by atoms with Crippen molar-refractivity contribution in [1.29, 1.82) is 0 Å². The molecule has 0 spiro atoms. The number of benzene rings is 3. The summed E-state index contributed by atoms with van der Waals surface area (Å²) in [7, 11) is 4.42. The molecule has 3 aromatic rings. The molecule has 1 N–H and O–H groups in total. The summed E-state index contributed by atoms with van der Waals surface area (Å²) < 4.78 is 22.1. The normalized spacial score (nSPS) is 16.5. The Bertz CT molecular complexity index is 1410. The van der Waals surface area contributed by atoms with E-state index in [1.54, 1.807) is 36.4 Å². The zero-order chi connectivity index (χ0) is 27.6. The van der Waals surface area contributed by atoms with E-state index in [1.165, 1.54) is 32.3 Å². The summed E-state index contributed by atoms with van der Waals surface area (Å²) in [6, 6.07) is 14.2. The summed E-state index contributed by atoms with van der Waals surface area (Å²) in [6.07, 6.45) is 0. The molecule has 0 aliphatic carbocycles. The Morgan fingerprint density at radius 2 is 1.63 bits per heavy atom. The van der Waals surface area contributed by atoms with Gasteiger partial charge >= 0.3 is 0 Å². The first kappa shape index (κ1) is 26.9. The Morgan fingerprint density at radius 1 is 0.974 bits per heavy atom. The molecule has 1 atom stereocenters. The fraction of sp³-hybridized carbons (Fsp3) is 0.241. The number of aryl methyl sites for hydroxylation is 1. The molecule has 1 heterocycles. The summed E-state index contributed by atoms with van der Waals surface area (Å²) in [5.41, 5.74) is 1.77. The van der Waals surface area contributed by atoms with E-state index in [1.807, 2.05) is 26.0 Å². The van der Waals surface area contributed by atoms with Crippen molar-refractivity contribution in [2.45, 2.75) is 19.9 Å². The molecule has 8 nitrogen and oxygen atoms in total. The number of carbonyl (C=O) groups excluding carboxylic acids is 2. The second-order valence-electron chi connectivity index (χ2n) is 8.49. The second kappa shape index (κ2) is 11.1. The average molecular weight is 538 g/mol. The van der Waals surface area contributed by atoms with Crippen LogP contribution in [-0.4, -0.2) is 44.7 Å². The first-order chi connectivity index (χ1) is 18.3. The maximum atomic E-state index is 13.6. The highest BCUT2D eigenvalue weighted by Crippen LogP contribution is 2.48. The van der Waals surface area contributed by atoms with Crippen LogP contribution in [0.1, 0.15) is 29.7 Å². The molecule has 0 radical (unpaired) electrons. The lowest BCUT2D eigenvalue weighted by atomic mass is 9.94. The average Bonchev–Trinajstić information content (AvgIpc) is 3.18. The number of methoxy groups -OCH3 is 3. The molecule has 9 heteroatoms. The van der Waals surface area contributed by atoms with E-state index in [4.69, 9.17) is 30.5 Å². The molecule has 3 aromatic carbocycles. The molecule has 0 saturated carbocycles. The number of para-hydroxylation sites is 1. The number of ketones is 1. The molecule has 1 aliphatic rings. The third kappa shape index (κ3) is 4.63. The van der Waals surface area contributed by atoms with Gasteiger partial charge in [0.1, 0.15) is 11.5 Å². The minimum absolute atomic E-state index is 0.136. The molecule has 4 rings (SSSR count). The summed E-state index contributed by atoms with van der Waals surface area (Å²) in [4.78, 5) is 28.5. The Kier molecular flexibility index (Phi) is 7.83. The third-order valence-electron chi connectivity index (χ3n) is 6.33. The van der Waals surface area contributed by atoms with Crippen molar-refractivity contribution in [1.82, 2.24) is 0 Å². The van der Waals surface area contributed by atoms with E-state index in [0.29, 0.717) is 40.9 Å². The Balaban J connectivity index is 2.05. The lowest BCUT2D eigenvalue weighted by molar-refractivity contribution is -0.132. The highest BCUT2D eigenvalue weighted by molar-refractivity contribution is 6.52. The SMILES string of the molecule is CCOc1ccc(Cl)c(/C(O)=C2\C(=O)C(=O)N(c3ccccc3C)C2c2cc(OC)c(OC)c(OC)c2)c1. The molecule has 0 bridgehead atoms. The molecule has 1 fully saturated rings. The lowest BCUT2D eigenvalue weighted by Crippen LogP contribution is -2.30. The molecule has 198 valence electrons. The van der Waals surface area contributed by atoms with Gasteiger partial charge < -0.3 is 24.1 Å². The number of halogens is 1. The number of nitrogens with zero attached hydrogens (tertiary/aromatic N) is 1. The van der Waals surface area contributed by atoms with E-state index in [9.17, 15) is 14.7 Å². The molecular weight excluding hydrogens is 510 g/mol. The van der Waals surface area contributed by atoms with Gasteiger partial charge in [-0.05, 0) is 61.4 Å². The number of carbonyl (C=O) groups is 2. The summed E-state index contributed by atoms with van der Waals surface area (Å²) in [5.74, 6) is -0.624. The van der Waals surface area contributed by atoms with Crippen molar-refractivity contribution in [2.75, 3.05) is 32.8 Å². The van der Waals surface area contributed by atoms with Crippen molar-refractivity contribution < 1.29 is 33.6 Å². The van der Waals surface area contributed by atoms with Crippen molar-refractivity contribution in [3.63, 3.8) is 0 Å². The minimum atomic E-state index is -1.03. The van der Waals surface area contributed by atoms with Crippen LogP contribution in [0.4, 0.5) is 5.69 Å². The number of ether oxygens (including phenoxy) is 4. The van der Waals surface area contributed by atoms with Crippen molar-refractivity contribution in [2.24, 2.45) is 0 Å². The van der Waals surface area contributed by atoms with Gasteiger partial charge in [-0.25, -0.2) is 0 Å². The fourth-order valence-corrected chi connectivity index (χ4v) is 4.78. The van der Waals surface area contributed by atoms with Crippen molar-refractivity contribution in [3.05, 3.63) is 81.9 Å². The van der Waals surface area contributed by atoms with Gasteiger partial charge in [-0.1, -0.05) is 29.8 Å². The van der Waals surface area contributed by atoms with Gasteiger partial charge in [-0.15, -0.1) is 0 Å². The van der Waals surface area contributed by atoms with Crippen LogP contribution < -0.4 is 23.8 Å². The van der Waals surface area contributed by atoms with E-state index in [2.05, 4.69) is 0 Å². The predicted octanol–water partition coefficient (Wildman–Crippen LogP) is 5.70. The van der Waals surface area contributed by atoms with E-state index < -0.39 is 23.5 Å². The van der Waals surface area contributed by atoms with Crippen molar-refractivity contribution in [3.8, 4) is 23.0 Å². The topological polar surface area (TPSA) is 94.5 Å². The standard InChI is InChI=1S/C29H28ClNO7/c1-6-38-18-11-12-20(30)19(15-18)26(32)24-25(17-13-22(35-3)28(37-5)23(14-17)36-4)31(29(34)27(24)33)21-10-8-7-9-16(21)2/h7-15,25,32H,6H2,1-5H3/b26-24+. The van der Waals surface area contributed by atoms with Gasteiger partial charge in [0.05, 0.1) is 44.6 Å². The molecular formula is C29H28ClNO7. The van der Waals surface area contributed by atoms with Crippen LogP contribution in [-0.2, 0) is 9.59 Å². The third-order valence-corrected chi connectivity index (χ3v) is 6.66. The van der Waals surface area contributed by atoms with Crippen molar-refractivity contribution >= 4 is 34.7 Å². The van der Waals surface area contributed by atoms with E-state index >= 15 is 0 Å². The van der Waals surface area contributed by atoms with E-state index in [-0.39, 0.29) is 16.2 Å². The number of aliphatic hydroxyl groups excluding tert-OH is 1. The molecule has 1 unspecified atom stereocenters. The quantitative estimate of drug-likeness (QED) is 0.224. The Morgan fingerprint density at radius 3 is 2.21 bits per heavy atom. The first-order valence-electron chi connectivity index (χ1n) is 11.9. The molecule has 1 saturated heterocycles. The Hall–Kier alpha value is -4.17. The fourth-order valence-electron chi connectivity index (χ4n) is 4.58. The molecule has 1 amide bonds. The number of Topliss-reactive ketones (excluding diaryl/α,β-unsaturated/α-hetero) is 1. The first-order valence-corrected chi connectivity index (χ1v) is 12.2. The van der Waals surface area contributed by atoms with Crippen LogP contribution in [0, 0.1) is 6.92 Å². The number of hydrogen-bond donors (Lipinski definition) is 1. The van der Waals surface area contributed by atoms with E-state index in [0.717, 1.165) is 5.56 Å². The number of anilines is 1. The van der Waals surface area contributed by atoms with Gasteiger partial charge in [0, 0.05) is 11.3 Å². The number of amides is 1. The van der Waals surface area contributed by atoms with Gasteiger partial charge in [-0.3, -0.25) is 14.5 Å². The monoisotopic (exact) mass is 537 g/mol. The maximum Gasteiger partial charge on any atom is 0.300 e. The smallest absolute Gasteiger partial charge is 0.300 e. The van der Waals surface area contributed by atoms with Crippen LogP contribution >= 0.6 is 11.6 Å². The highest BCUT2D eigenvalue weighted by atomic mass is 35.5. The summed E-state index contributed by atoms with van der Waals surface area (Å²) >= 11 is 6.44. The van der Waals surface area contributed by atoms with Crippen LogP contribution in [0.5, 0.6) is 23.0 Å². The largest absolute Gasteiger partial charge is 0.507 e. The van der Waals surface area contributed by atoms with Gasteiger partial charge in [0.25, 0.3) is 11.7 Å². The number of rotatable bonds is 8. The summed E-state index contributed by atoms with van der Waals surface area (Å²) in [5, 5.41) is 11.7. The zero-order valence-corrected chi connectivity index (χ0v) is 22.5. The molecule has 38 heavy (non-hydrogen) atoms. The van der Waals surface area contributed by atoms with Crippen LogP contribution in [0.2, 0.25) is 5.02 Å². The maximum absolute atomic E-state index is 13.6. The zero-order valence-electron chi connectivity index (χ0n) is 21.7. The number of aliphatic hydroxyl groups is 1. The van der Waals surface area contributed by atoms with Gasteiger partial charge in [-0.2, -0.15) is 0 Å². The van der Waals surface area contributed by atoms with Gasteiger partial charge in [0.15, 0.2) is 11.5 Å². The Labute approximate surface area is 225 Å².